The van der Waals surface area contributed by atoms with E-state index in [2.05, 4.69) is 239 Å². The van der Waals surface area contributed by atoms with Gasteiger partial charge in [-0.2, -0.15) is 0 Å². The molecule has 0 N–H and O–H groups in total. The van der Waals surface area contributed by atoms with Crippen LogP contribution in [0.25, 0.3) is 49.7 Å². The van der Waals surface area contributed by atoms with Gasteiger partial charge < -0.3 is 14.4 Å². The lowest BCUT2D eigenvalue weighted by atomic mass is 9.99. The van der Waals surface area contributed by atoms with E-state index in [1.165, 1.54) is 49.8 Å². The number of anilines is 5. The van der Waals surface area contributed by atoms with Gasteiger partial charge in [-0.3, -0.25) is 0 Å². The molecular formula is C54H41N3. The zero-order chi connectivity index (χ0) is 38.0. The first-order valence-corrected chi connectivity index (χ1v) is 19.8. The molecule has 0 atom stereocenters. The molecule has 0 aliphatic heterocycles. The molecule has 0 saturated heterocycles. The van der Waals surface area contributed by atoms with E-state index in [9.17, 15) is 0 Å². The summed E-state index contributed by atoms with van der Waals surface area (Å²) in [4.78, 5) is 4.66. The molecule has 0 radical (unpaired) electrons. The molecule has 10 rings (SSSR count). The molecule has 1 aromatic heterocycles. The molecule has 0 fully saturated rings. The maximum absolute atomic E-state index is 2.39. The van der Waals surface area contributed by atoms with E-state index in [4.69, 9.17) is 0 Å². The Kier molecular flexibility index (Phi) is 9.02. The summed E-state index contributed by atoms with van der Waals surface area (Å²) in [5.74, 6) is 0. The summed E-state index contributed by atoms with van der Waals surface area (Å²) >= 11 is 0. The predicted molar refractivity (Wildman–Crippen MR) is 241 cm³/mol. The van der Waals surface area contributed by atoms with Gasteiger partial charge in [0.15, 0.2) is 0 Å². The number of allylic oxidation sites excluding steroid dienone is 3. The van der Waals surface area contributed by atoms with Crippen LogP contribution in [0.3, 0.4) is 0 Å². The minimum absolute atomic E-state index is 1.05. The highest BCUT2D eigenvalue weighted by molar-refractivity contribution is 6.11. The van der Waals surface area contributed by atoms with Crippen LogP contribution in [-0.2, 0) is 0 Å². The van der Waals surface area contributed by atoms with Gasteiger partial charge in [0.2, 0.25) is 0 Å². The number of fused-ring (bicyclic) bond motifs is 3. The first-order chi connectivity index (χ1) is 28.3. The maximum Gasteiger partial charge on any atom is 0.0541 e. The van der Waals surface area contributed by atoms with Crippen molar-refractivity contribution in [2.24, 2.45) is 0 Å². The number of benzene rings is 8. The summed E-state index contributed by atoms with van der Waals surface area (Å²) < 4.78 is 2.39. The Hall–Kier alpha value is -7.36. The van der Waals surface area contributed by atoms with Crippen LogP contribution >= 0.6 is 0 Å². The third-order valence-electron chi connectivity index (χ3n) is 11.0. The highest BCUT2D eigenvalue weighted by Crippen LogP contribution is 2.40. The summed E-state index contributed by atoms with van der Waals surface area (Å²) in [5.41, 5.74) is 15.2. The van der Waals surface area contributed by atoms with Crippen molar-refractivity contribution in [3.8, 4) is 27.9 Å². The van der Waals surface area contributed by atoms with Crippen molar-refractivity contribution >= 4 is 50.2 Å². The molecule has 0 bridgehead atoms. The minimum Gasteiger partial charge on any atom is -0.311 e. The van der Waals surface area contributed by atoms with E-state index in [-0.39, 0.29) is 0 Å². The number of hydrogen-bond acceptors (Lipinski definition) is 2. The average Bonchev–Trinajstić information content (AvgIpc) is 3.62. The minimum atomic E-state index is 1.05. The van der Waals surface area contributed by atoms with Gasteiger partial charge >= 0.3 is 0 Å². The molecule has 1 aliphatic carbocycles. The van der Waals surface area contributed by atoms with E-state index in [1.54, 1.807) is 0 Å². The average molecular weight is 732 g/mol. The van der Waals surface area contributed by atoms with E-state index >= 15 is 0 Å². The van der Waals surface area contributed by atoms with Gasteiger partial charge in [-0.1, -0.05) is 121 Å². The molecule has 57 heavy (non-hydrogen) atoms. The molecule has 272 valence electrons. The second-order valence-electron chi connectivity index (χ2n) is 14.5. The van der Waals surface area contributed by atoms with Gasteiger partial charge in [0.25, 0.3) is 0 Å². The first-order valence-electron chi connectivity index (χ1n) is 19.8. The Balaban J connectivity index is 1.05. The van der Waals surface area contributed by atoms with Crippen molar-refractivity contribution in [2.45, 2.75) is 12.8 Å². The van der Waals surface area contributed by atoms with Gasteiger partial charge in [0.1, 0.15) is 0 Å². The zero-order valence-electron chi connectivity index (χ0n) is 31.6. The van der Waals surface area contributed by atoms with Crippen molar-refractivity contribution in [3.63, 3.8) is 0 Å². The maximum atomic E-state index is 2.39. The van der Waals surface area contributed by atoms with Crippen molar-refractivity contribution < 1.29 is 0 Å². The van der Waals surface area contributed by atoms with E-state index in [0.717, 1.165) is 47.0 Å². The fourth-order valence-electron chi connectivity index (χ4n) is 8.23. The lowest BCUT2D eigenvalue weighted by Gasteiger charge is -2.27. The summed E-state index contributed by atoms with van der Waals surface area (Å²) in [6.07, 6.45) is 8.99. The monoisotopic (exact) mass is 731 g/mol. The predicted octanol–water partition coefficient (Wildman–Crippen LogP) is 15.0. The summed E-state index contributed by atoms with van der Waals surface area (Å²) in [6.45, 7) is 0. The van der Waals surface area contributed by atoms with Gasteiger partial charge in [0, 0.05) is 50.6 Å². The van der Waals surface area contributed by atoms with Crippen LogP contribution in [0.2, 0.25) is 0 Å². The summed E-state index contributed by atoms with van der Waals surface area (Å²) in [6, 6.07) is 74.3. The van der Waals surface area contributed by atoms with E-state index < -0.39 is 0 Å². The Bertz CT molecular complexity index is 2820. The quantitative estimate of drug-likeness (QED) is 0.146. The highest BCUT2D eigenvalue weighted by Gasteiger charge is 2.18. The van der Waals surface area contributed by atoms with Crippen LogP contribution in [-0.4, -0.2) is 4.57 Å². The highest BCUT2D eigenvalue weighted by atomic mass is 15.1. The van der Waals surface area contributed by atoms with Crippen molar-refractivity contribution in [3.05, 3.63) is 230 Å². The lowest BCUT2D eigenvalue weighted by molar-refractivity contribution is 0.997. The molecule has 9 aromatic rings. The van der Waals surface area contributed by atoms with Crippen molar-refractivity contribution in [1.29, 1.82) is 0 Å². The lowest BCUT2D eigenvalue weighted by Crippen LogP contribution is -2.16. The Morgan fingerprint density at radius 1 is 0.351 bits per heavy atom. The molecule has 3 heteroatoms. The largest absolute Gasteiger partial charge is 0.311 e. The smallest absolute Gasteiger partial charge is 0.0541 e. The molecule has 0 spiro atoms. The van der Waals surface area contributed by atoms with Gasteiger partial charge in [0.05, 0.1) is 11.0 Å². The van der Waals surface area contributed by atoms with Crippen LogP contribution in [0, 0.1) is 0 Å². The first kappa shape index (κ1) is 34.2. The number of rotatable bonds is 9. The van der Waals surface area contributed by atoms with Gasteiger partial charge in [-0.25, -0.2) is 0 Å². The molecule has 1 aliphatic rings. The fraction of sp³-hybridized carbons (Fsp3) is 0.0370. The Morgan fingerprint density at radius 2 is 0.754 bits per heavy atom. The van der Waals surface area contributed by atoms with E-state index in [0.29, 0.717) is 0 Å². The second kappa shape index (κ2) is 15.1. The third-order valence-corrected chi connectivity index (χ3v) is 11.0. The molecule has 3 nitrogen and oxygen atoms in total. The fourth-order valence-corrected chi connectivity index (χ4v) is 8.23. The van der Waals surface area contributed by atoms with Crippen LogP contribution in [0.5, 0.6) is 0 Å². The van der Waals surface area contributed by atoms with E-state index in [1.807, 2.05) is 0 Å². The number of hydrogen-bond donors (Lipinski definition) is 0. The molecular weight excluding hydrogens is 691 g/mol. The summed E-state index contributed by atoms with van der Waals surface area (Å²) in [7, 11) is 0. The van der Waals surface area contributed by atoms with Crippen LogP contribution in [0.4, 0.5) is 28.4 Å². The SMILES string of the molecule is C1=CC(N(c2ccccc2)c2ccc(-c3ccc4c(c3)c3cc(-c5ccc(N(c6ccccc6)c6ccccc6)cc5)ccc3n4-c3ccccc3)cc2)=CCC1. The summed E-state index contributed by atoms with van der Waals surface area (Å²) in [5, 5.41) is 2.46. The standard InChI is InChI=1S/C54H41N3/c1-6-16-44(17-7-1)55(45-18-8-2-9-19-45)49-32-26-40(27-33-49)42-30-36-53-51(38-42)52-39-43(31-37-54(52)57(53)48-24-14-5-15-25-48)41-28-34-50(35-29-41)56(46-20-10-3-11-21-46)47-22-12-4-13-23-47/h1-3,5-12,14-39H,4,13H2. The molecule has 8 aromatic carbocycles. The molecule has 0 unspecified atom stereocenters. The zero-order valence-corrected chi connectivity index (χ0v) is 31.6. The van der Waals surface area contributed by atoms with Gasteiger partial charge in [-0.15, -0.1) is 0 Å². The molecule has 0 amide bonds. The number of para-hydroxylation sites is 4. The third kappa shape index (κ3) is 6.60. The van der Waals surface area contributed by atoms with Crippen molar-refractivity contribution in [2.75, 3.05) is 9.80 Å². The Morgan fingerprint density at radius 3 is 1.21 bits per heavy atom. The van der Waals surface area contributed by atoms with Crippen LogP contribution in [0.1, 0.15) is 12.8 Å². The molecule has 1 heterocycles. The second-order valence-corrected chi connectivity index (χ2v) is 14.5. The number of nitrogens with zero attached hydrogens (tertiary/aromatic N) is 3. The Labute approximate surface area is 334 Å². The normalized spacial score (nSPS) is 12.5. The topological polar surface area (TPSA) is 11.4 Å². The van der Waals surface area contributed by atoms with Crippen LogP contribution < -0.4 is 9.80 Å². The van der Waals surface area contributed by atoms with Gasteiger partial charge in [-0.05, 0) is 138 Å². The molecule has 0 saturated carbocycles. The number of aromatic nitrogens is 1. The van der Waals surface area contributed by atoms with Crippen molar-refractivity contribution in [1.82, 2.24) is 4.57 Å². The van der Waals surface area contributed by atoms with Crippen LogP contribution in [0.15, 0.2) is 230 Å².